The second kappa shape index (κ2) is 13.5. The molecule has 0 unspecified atom stereocenters. The van der Waals surface area contributed by atoms with Gasteiger partial charge in [0.25, 0.3) is 0 Å². The van der Waals surface area contributed by atoms with Crippen molar-refractivity contribution in [2.24, 2.45) is 5.92 Å². The number of aliphatic carboxylic acids is 1. The molecule has 3 aromatic carbocycles. The molecule has 0 fully saturated rings. The number of nitrogens with one attached hydrogen (secondary N) is 1. The number of likely N-dealkylation sites (N-methyl/N-ethyl adjacent to an activating group) is 1. The molecule has 1 atom stereocenters. The molecule has 0 aliphatic heterocycles. The predicted octanol–water partition coefficient (Wildman–Crippen LogP) is 5.09. The first-order chi connectivity index (χ1) is 19.9. The van der Waals surface area contributed by atoms with Gasteiger partial charge in [-0.05, 0) is 97.4 Å². The molecule has 0 aromatic heterocycles. The third-order valence-electron chi connectivity index (χ3n) is 8.26. The normalized spacial score (nSPS) is 14.7. The predicted molar refractivity (Wildman–Crippen MR) is 167 cm³/mol. The number of benzene rings is 3. The van der Waals surface area contributed by atoms with E-state index in [1.165, 1.54) is 22.5 Å². The zero-order valence-corrected chi connectivity index (χ0v) is 26.0. The van der Waals surface area contributed by atoms with Gasteiger partial charge in [-0.15, -0.1) is 0 Å². The fraction of sp³-hybridized carbons (Fsp3) is 0.441. The Balaban J connectivity index is 1.35. The number of rotatable bonds is 14. The summed E-state index contributed by atoms with van der Waals surface area (Å²) in [6, 6.07) is 21.6. The lowest BCUT2D eigenvalue weighted by atomic mass is 9.88. The van der Waals surface area contributed by atoms with Gasteiger partial charge < -0.3 is 15.5 Å². The lowest BCUT2D eigenvalue weighted by Gasteiger charge is -2.31. The quantitative estimate of drug-likeness (QED) is 0.241. The van der Waals surface area contributed by atoms with E-state index in [1.807, 2.05) is 37.3 Å². The van der Waals surface area contributed by atoms with Crippen LogP contribution < -0.4 is 5.32 Å². The Morgan fingerprint density at radius 3 is 2.24 bits per heavy atom. The third kappa shape index (κ3) is 8.07. The molecule has 7 nitrogen and oxygen atoms in total. The fourth-order valence-corrected chi connectivity index (χ4v) is 7.49. The molecule has 1 aliphatic carbocycles. The average molecular weight is 593 g/mol. The smallest absolute Gasteiger partial charge is 0.303 e. The number of aliphatic hydroxyl groups excluding tert-OH is 1. The number of nitrogens with zero attached hydrogens (tertiary/aromatic N) is 1. The maximum absolute atomic E-state index is 13.6. The lowest BCUT2D eigenvalue weighted by molar-refractivity contribution is -0.136. The van der Waals surface area contributed by atoms with E-state index in [-0.39, 0.29) is 23.4 Å². The average Bonchev–Trinajstić information content (AvgIpc) is 3.36. The molecular formula is C34H44N2O5S. The first kappa shape index (κ1) is 31.9. The highest BCUT2D eigenvalue weighted by atomic mass is 32.2. The van der Waals surface area contributed by atoms with Crippen LogP contribution in [0.15, 0.2) is 71.6 Å². The van der Waals surface area contributed by atoms with Crippen LogP contribution in [0, 0.1) is 5.92 Å². The topological polar surface area (TPSA) is 107 Å². The maximum Gasteiger partial charge on any atom is 0.303 e. The van der Waals surface area contributed by atoms with E-state index < -0.39 is 22.1 Å². The number of carboxylic acid groups (broad SMARTS) is 1. The summed E-state index contributed by atoms with van der Waals surface area (Å²) < 4.78 is 28.3. The number of carbonyl (C=O) groups is 1. The summed E-state index contributed by atoms with van der Waals surface area (Å²) in [6.45, 7) is 6.50. The number of fused-ring (bicyclic) bond motifs is 1. The molecular weight excluding hydrogens is 548 g/mol. The monoisotopic (exact) mass is 592 g/mol. The van der Waals surface area contributed by atoms with E-state index in [2.05, 4.69) is 43.4 Å². The molecule has 3 aromatic rings. The number of hydrogen-bond acceptors (Lipinski definition) is 5. The van der Waals surface area contributed by atoms with Gasteiger partial charge in [-0.2, -0.15) is 4.31 Å². The van der Waals surface area contributed by atoms with Gasteiger partial charge in [-0.25, -0.2) is 8.42 Å². The number of carboxylic acids is 1. The van der Waals surface area contributed by atoms with Crippen LogP contribution in [0.5, 0.6) is 0 Å². The number of sulfonamides is 1. The second-order valence-corrected chi connectivity index (χ2v) is 14.2. The van der Waals surface area contributed by atoms with E-state index in [0.29, 0.717) is 30.9 Å². The van der Waals surface area contributed by atoms with Gasteiger partial charge >= 0.3 is 5.97 Å². The van der Waals surface area contributed by atoms with Crippen molar-refractivity contribution < 1.29 is 23.4 Å². The molecule has 0 saturated carbocycles. The van der Waals surface area contributed by atoms with Crippen molar-refractivity contribution in [1.29, 1.82) is 0 Å². The summed E-state index contributed by atoms with van der Waals surface area (Å²) >= 11 is 0. The van der Waals surface area contributed by atoms with Gasteiger partial charge in [0.2, 0.25) is 10.0 Å². The zero-order chi connectivity index (χ0) is 30.5. The minimum Gasteiger partial charge on any atom is -0.481 e. The van der Waals surface area contributed by atoms with Crippen LogP contribution in [0.4, 0.5) is 0 Å². The van der Waals surface area contributed by atoms with Gasteiger partial charge in [0, 0.05) is 32.1 Å². The molecule has 4 rings (SSSR count). The Kier molecular flexibility index (Phi) is 10.3. The summed E-state index contributed by atoms with van der Waals surface area (Å²) in [4.78, 5) is 11.1. The molecule has 42 heavy (non-hydrogen) atoms. The van der Waals surface area contributed by atoms with Gasteiger partial charge in [0.05, 0.1) is 11.0 Å². The van der Waals surface area contributed by atoms with E-state index >= 15 is 0 Å². The molecule has 0 bridgehead atoms. The fourth-order valence-electron chi connectivity index (χ4n) is 6.01. The minimum absolute atomic E-state index is 0.0109. The van der Waals surface area contributed by atoms with Crippen molar-refractivity contribution in [2.45, 2.75) is 75.8 Å². The summed E-state index contributed by atoms with van der Waals surface area (Å²) in [5.41, 5.74) is 6.15. The Labute approximate surface area is 250 Å². The van der Waals surface area contributed by atoms with Crippen molar-refractivity contribution in [2.75, 3.05) is 20.1 Å². The molecule has 226 valence electrons. The van der Waals surface area contributed by atoms with Crippen LogP contribution in [-0.4, -0.2) is 60.7 Å². The summed E-state index contributed by atoms with van der Waals surface area (Å²) in [5, 5.41) is 23.2. The van der Waals surface area contributed by atoms with E-state index in [9.17, 15) is 18.3 Å². The Bertz CT molecular complexity index is 1460. The molecule has 0 saturated heterocycles. The first-order valence-corrected chi connectivity index (χ1v) is 16.2. The van der Waals surface area contributed by atoms with Crippen LogP contribution >= 0.6 is 0 Å². The Morgan fingerprint density at radius 2 is 1.64 bits per heavy atom. The van der Waals surface area contributed by atoms with Gasteiger partial charge in [-0.3, -0.25) is 4.79 Å². The van der Waals surface area contributed by atoms with Gasteiger partial charge in [0.15, 0.2) is 0 Å². The second-order valence-electron chi connectivity index (χ2n) is 12.2. The standard InChI is InChI=1S/C34H44N2O5S/c1-5-26-20-30(27-13-10-24(11-14-27)12-17-33(38)39)15-16-32(26)42(40,41)36(4)23-31(37)22-35-34(2,3)21-25-18-28-8-6-7-9-29(28)19-25/h6-11,13-16,20,25,31,35,37H,5,12,17-19,21-23H2,1-4H3,(H,38,39)/t31-/m1/s1. The largest absolute Gasteiger partial charge is 0.481 e. The summed E-state index contributed by atoms with van der Waals surface area (Å²) in [7, 11) is -2.29. The van der Waals surface area contributed by atoms with E-state index in [0.717, 1.165) is 36.0 Å². The van der Waals surface area contributed by atoms with Crippen molar-refractivity contribution >= 4 is 16.0 Å². The molecule has 0 heterocycles. The number of hydrogen-bond donors (Lipinski definition) is 3. The molecule has 8 heteroatoms. The van der Waals surface area contributed by atoms with Crippen LogP contribution in [0.3, 0.4) is 0 Å². The van der Waals surface area contributed by atoms with Crippen molar-refractivity contribution in [3.63, 3.8) is 0 Å². The Hall–Kier alpha value is -3.04. The minimum atomic E-state index is -3.81. The van der Waals surface area contributed by atoms with E-state index in [1.54, 1.807) is 12.1 Å². The SMILES string of the molecule is CCc1cc(-c2ccc(CCC(=O)O)cc2)ccc1S(=O)(=O)N(C)C[C@H](O)CNC(C)(C)CC1Cc2ccccc2C1. The lowest BCUT2D eigenvalue weighted by Crippen LogP contribution is -2.47. The van der Waals surface area contributed by atoms with Crippen LogP contribution in [-0.2, 0) is 40.5 Å². The first-order valence-electron chi connectivity index (χ1n) is 14.8. The zero-order valence-electron chi connectivity index (χ0n) is 25.1. The summed E-state index contributed by atoms with van der Waals surface area (Å²) in [6.07, 6.45) is 3.35. The number of aryl methyl sites for hydroxylation is 2. The maximum atomic E-state index is 13.6. The van der Waals surface area contributed by atoms with Crippen LogP contribution in [0.1, 0.15) is 55.9 Å². The highest BCUT2D eigenvalue weighted by molar-refractivity contribution is 7.89. The Morgan fingerprint density at radius 1 is 1.02 bits per heavy atom. The third-order valence-corrected chi connectivity index (χ3v) is 10.2. The molecule has 3 N–H and O–H groups in total. The van der Waals surface area contributed by atoms with Gasteiger partial charge in [0.1, 0.15) is 0 Å². The highest BCUT2D eigenvalue weighted by Gasteiger charge is 2.30. The van der Waals surface area contributed by atoms with Crippen LogP contribution in [0.25, 0.3) is 11.1 Å². The number of aliphatic hydroxyl groups is 1. The van der Waals surface area contributed by atoms with Crippen molar-refractivity contribution in [3.05, 3.63) is 89.0 Å². The summed E-state index contributed by atoms with van der Waals surface area (Å²) in [5.74, 6) is -0.276. The molecule has 0 amide bonds. The molecule has 1 aliphatic rings. The van der Waals surface area contributed by atoms with Crippen LogP contribution in [0.2, 0.25) is 0 Å². The van der Waals surface area contributed by atoms with E-state index in [4.69, 9.17) is 5.11 Å². The molecule has 0 radical (unpaired) electrons. The van der Waals surface area contributed by atoms with Crippen molar-refractivity contribution in [1.82, 2.24) is 9.62 Å². The highest BCUT2D eigenvalue weighted by Crippen LogP contribution is 2.32. The van der Waals surface area contributed by atoms with Gasteiger partial charge in [-0.1, -0.05) is 61.5 Å². The van der Waals surface area contributed by atoms with Crippen molar-refractivity contribution in [3.8, 4) is 11.1 Å². The number of β-amino-alcohol motifs (C(OH)–C–C–N with tert-alkyl or cyclic N) is 1. The molecule has 0 spiro atoms.